The van der Waals surface area contributed by atoms with E-state index in [9.17, 15) is 17.6 Å². The molecule has 0 amide bonds. The van der Waals surface area contributed by atoms with E-state index < -0.39 is 33.1 Å². The predicted molar refractivity (Wildman–Crippen MR) is 137 cm³/mol. The molecular formula is C25H27FN4O6S. The second-order valence-corrected chi connectivity index (χ2v) is 10.6. The smallest absolute Gasteiger partial charge is 0.330 e. The van der Waals surface area contributed by atoms with Gasteiger partial charge >= 0.3 is 5.69 Å². The molecule has 196 valence electrons. The molecular weight excluding hydrogens is 503 g/mol. The van der Waals surface area contributed by atoms with Gasteiger partial charge in [-0.25, -0.2) is 27.6 Å². The highest BCUT2D eigenvalue weighted by Crippen LogP contribution is 2.33. The third-order valence-electron chi connectivity index (χ3n) is 5.87. The Balaban J connectivity index is 1.93. The van der Waals surface area contributed by atoms with E-state index in [0.29, 0.717) is 40.4 Å². The van der Waals surface area contributed by atoms with Crippen molar-refractivity contribution < 1.29 is 27.0 Å². The molecule has 1 aromatic carbocycles. The van der Waals surface area contributed by atoms with Gasteiger partial charge in [0.05, 0.1) is 43.8 Å². The van der Waals surface area contributed by atoms with Crippen molar-refractivity contribution in [3.05, 3.63) is 64.6 Å². The molecule has 0 fully saturated rings. The van der Waals surface area contributed by atoms with Gasteiger partial charge in [-0.15, -0.1) is 0 Å². The van der Waals surface area contributed by atoms with Crippen LogP contribution in [0.4, 0.5) is 4.39 Å². The van der Waals surface area contributed by atoms with Crippen molar-refractivity contribution in [2.75, 3.05) is 32.8 Å². The fraction of sp³-hybridized carbons (Fsp3) is 0.320. The van der Waals surface area contributed by atoms with E-state index >= 15 is 0 Å². The topological polar surface area (TPSA) is 115 Å². The van der Waals surface area contributed by atoms with E-state index in [4.69, 9.17) is 14.2 Å². The van der Waals surface area contributed by atoms with E-state index in [1.54, 1.807) is 38.2 Å². The Hall–Kier alpha value is -3.93. The van der Waals surface area contributed by atoms with Gasteiger partial charge in [-0.2, -0.15) is 0 Å². The Bertz CT molecular complexity index is 1630. The van der Waals surface area contributed by atoms with Crippen LogP contribution in [0.3, 0.4) is 0 Å². The second kappa shape index (κ2) is 10.2. The zero-order valence-electron chi connectivity index (χ0n) is 21.1. The summed E-state index contributed by atoms with van der Waals surface area (Å²) in [6, 6.07) is 8.08. The van der Waals surface area contributed by atoms with E-state index in [2.05, 4.69) is 9.97 Å². The van der Waals surface area contributed by atoms with Crippen molar-refractivity contribution in [2.45, 2.75) is 13.0 Å². The second-order valence-electron chi connectivity index (χ2n) is 8.41. The Kier molecular flexibility index (Phi) is 7.21. The van der Waals surface area contributed by atoms with Crippen LogP contribution in [0.5, 0.6) is 17.4 Å². The average Bonchev–Trinajstić information content (AvgIpc) is 3.11. The number of fused-ring (bicyclic) bond motifs is 1. The molecule has 4 aromatic rings. The number of benzene rings is 1. The number of hydrogen-bond donors (Lipinski definition) is 0. The molecule has 3 aromatic heterocycles. The fourth-order valence-corrected chi connectivity index (χ4v) is 5.06. The van der Waals surface area contributed by atoms with Crippen LogP contribution in [0, 0.1) is 5.82 Å². The monoisotopic (exact) mass is 530 g/mol. The van der Waals surface area contributed by atoms with Crippen LogP contribution >= 0.6 is 0 Å². The van der Waals surface area contributed by atoms with Crippen molar-refractivity contribution in [3.63, 3.8) is 0 Å². The lowest BCUT2D eigenvalue weighted by Crippen LogP contribution is -2.31. The molecule has 0 bridgehead atoms. The minimum absolute atomic E-state index is 0.188. The molecule has 1 atom stereocenters. The summed E-state index contributed by atoms with van der Waals surface area (Å²) in [6.07, 6.45) is 2.62. The Labute approximate surface area is 213 Å². The first-order valence-electron chi connectivity index (χ1n) is 11.3. The van der Waals surface area contributed by atoms with E-state index in [1.165, 1.54) is 41.7 Å². The number of halogens is 1. The molecule has 0 N–H and O–H groups in total. The van der Waals surface area contributed by atoms with Crippen LogP contribution in [0.15, 0.2) is 47.4 Å². The minimum atomic E-state index is -3.56. The Morgan fingerprint density at radius 2 is 1.81 bits per heavy atom. The molecule has 0 aliphatic heterocycles. The number of ether oxygens (including phenoxy) is 3. The molecule has 4 rings (SSSR count). The first-order chi connectivity index (χ1) is 17.6. The highest BCUT2D eigenvalue weighted by atomic mass is 32.2. The summed E-state index contributed by atoms with van der Waals surface area (Å²) >= 11 is 0. The Morgan fingerprint density at radius 1 is 1.08 bits per heavy atom. The van der Waals surface area contributed by atoms with Crippen LogP contribution in [0.1, 0.15) is 18.7 Å². The molecule has 0 aliphatic rings. The predicted octanol–water partition coefficient (Wildman–Crippen LogP) is 2.99. The van der Waals surface area contributed by atoms with Gasteiger partial charge in [0, 0.05) is 36.7 Å². The molecule has 0 saturated heterocycles. The number of aromatic nitrogens is 4. The van der Waals surface area contributed by atoms with Crippen molar-refractivity contribution in [1.82, 2.24) is 19.1 Å². The summed E-state index contributed by atoms with van der Waals surface area (Å²) < 4.78 is 57.5. The molecule has 3 heterocycles. The van der Waals surface area contributed by atoms with Crippen LogP contribution < -0.4 is 19.9 Å². The summed E-state index contributed by atoms with van der Waals surface area (Å²) in [5.41, 5.74) is 1.72. The number of aryl methyl sites for hydroxylation is 1. The zero-order valence-corrected chi connectivity index (χ0v) is 21.9. The number of rotatable bonds is 9. The van der Waals surface area contributed by atoms with Gasteiger partial charge in [0.15, 0.2) is 11.4 Å². The van der Waals surface area contributed by atoms with E-state index in [0.717, 1.165) is 6.26 Å². The molecule has 0 aliphatic carbocycles. The van der Waals surface area contributed by atoms with Crippen molar-refractivity contribution in [3.8, 4) is 28.5 Å². The van der Waals surface area contributed by atoms with Crippen molar-refractivity contribution in [2.24, 2.45) is 7.05 Å². The lowest BCUT2D eigenvalue weighted by Gasteiger charge is -2.19. The molecule has 0 saturated carbocycles. The maximum absolute atomic E-state index is 13.7. The quantitative estimate of drug-likeness (QED) is 0.325. The highest BCUT2D eigenvalue weighted by molar-refractivity contribution is 7.90. The molecule has 10 nitrogen and oxygen atoms in total. The van der Waals surface area contributed by atoms with Crippen LogP contribution in [0.2, 0.25) is 0 Å². The van der Waals surface area contributed by atoms with Gasteiger partial charge in [-0.3, -0.25) is 9.13 Å². The van der Waals surface area contributed by atoms with Crippen LogP contribution in [0.25, 0.3) is 22.3 Å². The normalized spacial score (nSPS) is 12.5. The number of methoxy groups -OCH3 is 2. The number of nitrogens with zero attached hydrogens (tertiary/aromatic N) is 4. The van der Waals surface area contributed by atoms with Crippen molar-refractivity contribution >= 4 is 21.0 Å². The summed E-state index contributed by atoms with van der Waals surface area (Å²) in [7, 11) is 0.914. The molecule has 1 unspecified atom stereocenters. The van der Waals surface area contributed by atoms with Gasteiger partial charge in [-0.05, 0) is 37.3 Å². The fourth-order valence-electron chi connectivity index (χ4n) is 4.17. The SMILES string of the molecule is CCOc1nc(C(CS(C)(=O)=O)n2c(=O)n(C)c3cc(-c4ccc(F)cc4OC)cnc32)ccc1OC. The lowest BCUT2D eigenvalue weighted by atomic mass is 10.1. The number of imidazole rings is 1. The third-order valence-corrected chi connectivity index (χ3v) is 6.79. The summed E-state index contributed by atoms with van der Waals surface area (Å²) in [5.74, 6) is 0.0335. The largest absolute Gasteiger partial charge is 0.496 e. The van der Waals surface area contributed by atoms with Crippen molar-refractivity contribution in [1.29, 1.82) is 0 Å². The Morgan fingerprint density at radius 3 is 2.46 bits per heavy atom. The summed E-state index contributed by atoms with van der Waals surface area (Å²) in [4.78, 5) is 22.5. The third kappa shape index (κ3) is 5.15. The van der Waals surface area contributed by atoms with E-state index in [-0.39, 0.29) is 11.5 Å². The molecule has 12 heteroatoms. The van der Waals surface area contributed by atoms with E-state index in [1.807, 2.05) is 0 Å². The van der Waals surface area contributed by atoms with Gasteiger partial charge < -0.3 is 14.2 Å². The van der Waals surface area contributed by atoms with Crippen LogP contribution in [-0.4, -0.2) is 60.4 Å². The van der Waals surface area contributed by atoms with Gasteiger partial charge in [0.25, 0.3) is 5.88 Å². The number of hydrogen-bond acceptors (Lipinski definition) is 8. The van der Waals surface area contributed by atoms with Gasteiger partial charge in [0.1, 0.15) is 21.4 Å². The molecule has 37 heavy (non-hydrogen) atoms. The standard InChI is InChI=1S/C25H27FN4O6S/c1-6-36-24-21(34-3)10-9-18(28-24)20(14-37(5,32)33)30-23-19(29(2)25(30)31)11-15(13-27-23)17-8-7-16(26)12-22(17)35-4/h7-13,20H,6,14H2,1-5H3. The first-order valence-corrected chi connectivity index (χ1v) is 13.4. The average molecular weight is 531 g/mol. The van der Waals surface area contributed by atoms with Gasteiger partial charge in [0.2, 0.25) is 0 Å². The minimum Gasteiger partial charge on any atom is -0.496 e. The maximum atomic E-state index is 13.7. The summed E-state index contributed by atoms with van der Waals surface area (Å²) in [5, 5.41) is 0. The summed E-state index contributed by atoms with van der Waals surface area (Å²) in [6.45, 7) is 2.10. The number of pyridine rings is 2. The zero-order chi connectivity index (χ0) is 26.9. The highest BCUT2D eigenvalue weighted by Gasteiger charge is 2.28. The van der Waals surface area contributed by atoms with Crippen LogP contribution in [-0.2, 0) is 16.9 Å². The first kappa shape index (κ1) is 26.1. The van der Waals surface area contributed by atoms with Gasteiger partial charge in [-0.1, -0.05) is 0 Å². The molecule has 0 radical (unpaired) electrons. The number of sulfone groups is 1. The molecule has 0 spiro atoms. The maximum Gasteiger partial charge on any atom is 0.330 e. The lowest BCUT2D eigenvalue weighted by molar-refractivity contribution is 0.296.